The molecule has 3 nitrogen and oxygen atoms in total. The maximum Gasteiger partial charge on any atom is 0.265 e. The van der Waals surface area contributed by atoms with Gasteiger partial charge >= 0.3 is 0 Å². The largest absolute Gasteiger partial charge is 0.268 e. The number of nitrogens with zero attached hydrogens (tertiary/aromatic N) is 1. The van der Waals surface area contributed by atoms with E-state index in [-0.39, 0.29) is 11.8 Å². The minimum atomic E-state index is -0.295. The third-order valence-corrected chi connectivity index (χ3v) is 5.35. The van der Waals surface area contributed by atoms with Crippen molar-refractivity contribution in [1.82, 2.24) is 0 Å². The lowest BCUT2D eigenvalue weighted by molar-refractivity contribution is -0.112. The Labute approximate surface area is 171 Å². The monoisotopic (exact) mass is 381 g/mol. The van der Waals surface area contributed by atoms with E-state index in [1.54, 1.807) is 6.07 Å². The van der Waals surface area contributed by atoms with Crippen molar-refractivity contribution in [2.45, 2.75) is 26.7 Å². The first-order valence-electron chi connectivity index (χ1n) is 9.83. The number of benzene rings is 3. The summed E-state index contributed by atoms with van der Waals surface area (Å²) >= 11 is 0. The van der Waals surface area contributed by atoms with Crippen LogP contribution in [0.5, 0.6) is 0 Å². The van der Waals surface area contributed by atoms with Gasteiger partial charge in [0.05, 0.1) is 5.69 Å². The molecule has 1 aliphatic rings. The molecule has 0 spiro atoms. The highest BCUT2D eigenvalue weighted by molar-refractivity contribution is 6.43. The Morgan fingerprint density at radius 2 is 1.38 bits per heavy atom. The second-order valence-electron chi connectivity index (χ2n) is 7.66. The van der Waals surface area contributed by atoms with E-state index in [0.29, 0.717) is 28.3 Å². The van der Waals surface area contributed by atoms with Gasteiger partial charge in [0.25, 0.3) is 11.8 Å². The number of amides is 2. The Morgan fingerprint density at radius 1 is 0.759 bits per heavy atom. The van der Waals surface area contributed by atoms with E-state index in [4.69, 9.17) is 0 Å². The Hall–Kier alpha value is -3.46. The highest BCUT2D eigenvalue weighted by Gasteiger charge is 2.36. The van der Waals surface area contributed by atoms with Crippen LogP contribution in [0.15, 0.2) is 72.8 Å². The molecule has 0 aliphatic carbocycles. The summed E-state index contributed by atoms with van der Waals surface area (Å²) in [5, 5.41) is 0. The van der Waals surface area contributed by atoms with Crippen molar-refractivity contribution in [2.75, 3.05) is 4.90 Å². The zero-order valence-corrected chi connectivity index (χ0v) is 16.8. The fraction of sp³-hybridized carbons (Fsp3) is 0.154. The fourth-order valence-corrected chi connectivity index (χ4v) is 3.67. The number of fused-ring (bicyclic) bond motifs is 1. The zero-order valence-electron chi connectivity index (χ0n) is 16.8. The maximum atomic E-state index is 13.5. The summed E-state index contributed by atoms with van der Waals surface area (Å²) in [4.78, 5) is 27.9. The predicted octanol–water partition coefficient (Wildman–Crippen LogP) is 5.85. The van der Waals surface area contributed by atoms with E-state index in [0.717, 1.165) is 11.1 Å². The molecular formula is C26H23NO2. The van der Waals surface area contributed by atoms with Crippen molar-refractivity contribution in [3.8, 4) is 0 Å². The molecule has 0 atom stereocenters. The fourth-order valence-electron chi connectivity index (χ4n) is 3.67. The summed E-state index contributed by atoms with van der Waals surface area (Å²) < 4.78 is 0. The van der Waals surface area contributed by atoms with Crippen LogP contribution in [0.1, 0.15) is 52.4 Å². The van der Waals surface area contributed by atoms with Crippen LogP contribution in [-0.2, 0) is 4.79 Å². The summed E-state index contributed by atoms with van der Waals surface area (Å²) in [5.74, 6) is -0.133. The molecule has 0 saturated carbocycles. The van der Waals surface area contributed by atoms with Crippen molar-refractivity contribution in [3.05, 3.63) is 101 Å². The highest BCUT2D eigenvalue weighted by atomic mass is 16.2. The van der Waals surface area contributed by atoms with E-state index in [2.05, 4.69) is 26.0 Å². The van der Waals surface area contributed by atoms with Crippen molar-refractivity contribution in [2.24, 2.45) is 0 Å². The van der Waals surface area contributed by atoms with E-state index in [1.165, 1.54) is 10.5 Å². The van der Waals surface area contributed by atoms with Gasteiger partial charge in [-0.15, -0.1) is 0 Å². The van der Waals surface area contributed by atoms with Gasteiger partial charge < -0.3 is 0 Å². The molecule has 0 unspecified atom stereocenters. The summed E-state index contributed by atoms with van der Waals surface area (Å²) in [5.41, 5.74) is 5.44. The summed E-state index contributed by atoms with van der Waals surface area (Å²) in [6, 6.07) is 23.0. The van der Waals surface area contributed by atoms with Gasteiger partial charge in [-0.2, -0.15) is 0 Å². The lowest BCUT2D eigenvalue weighted by Crippen LogP contribution is -2.42. The Morgan fingerprint density at radius 3 is 2.03 bits per heavy atom. The van der Waals surface area contributed by atoms with Crippen LogP contribution in [-0.4, -0.2) is 11.8 Å². The van der Waals surface area contributed by atoms with E-state index >= 15 is 0 Å². The summed E-state index contributed by atoms with van der Waals surface area (Å²) in [6.45, 7) is 6.21. The molecular weight excluding hydrogens is 358 g/mol. The molecule has 3 heteroatoms. The number of carbonyl (C=O) groups excluding carboxylic acids is 2. The minimum absolute atomic E-state index is 0.285. The quantitative estimate of drug-likeness (QED) is 0.422. The minimum Gasteiger partial charge on any atom is -0.268 e. The highest BCUT2D eigenvalue weighted by Crippen LogP contribution is 2.34. The van der Waals surface area contributed by atoms with Gasteiger partial charge in [0.15, 0.2) is 0 Å². The molecule has 2 amide bonds. The smallest absolute Gasteiger partial charge is 0.265 e. The second kappa shape index (κ2) is 7.51. The number of rotatable bonds is 3. The number of imide groups is 1. The molecule has 4 rings (SSSR count). The van der Waals surface area contributed by atoms with Crippen LogP contribution in [0.25, 0.3) is 11.6 Å². The SMILES string of the molecule is Cc1ccccc1N1C(=O)/C(=C\c2ccc(C(C)C)cc2)c2ccccc2C1=O. The predicted molar refractivity (Wildman–Crippen MR) is 118 cm³/mol. The van der Waals surface area contributed by atoms with E-state index in [9.17, 15) is 9.59 Å². The average Bonchev–Trinajstić information content (AvgIpc) is 2.73. The van der Waals surface area contributed by atoms with Gasteiger partial charge in [0.1, 0.15) is 0 Å². The first kappa shape index (κ1) is 18.9. The molecule has 3 aromatic rings. The first-order valence-corrected chi connectivity index (χ1v) is 9.83. The van der Waals surface area contributed by atoms with Crippen LogP contribution >= 0.6 is 0 Å². The van der Waals surface area contributed by atoms with Crippen LogP contribution in [0.3, 0.4) is 0 Å². The van der Waals surface area contributed by atoms with Crippen molar-refractivity contribution in [3.63, 3.8) is 0 Å². The van der Waals surface area contributed by atoms with Crippen LogP contribution in [0.4, 0.5) is 5.69 Å². The molecule has 29 heavy (non-hydrogen) atoms. The topological polar surface area (TPSA) is 37.4 Å². The van der Waals surface area contributed by atoms with Crippen LogP contribution < -0.4 is 4.90 Å². The van der Waals surface area contributed by atoms with Gasteiger partial charge in [0.2, 0.25) is 0 Å². The molecule has 0 aromatic heterocycles. The average molecular weight is 381 g/mol. The van der Waals surface area contributed by atoms with E-state index < -0.39 is 0 Å². The number of carbonyl (C=O) groups is 2. The van der Waals surface area contributed by atoms with Crippen molar-refractivity contribution >= 4 is 29.2 Å². The van der Waals surface area contributed by atoms with Gasteiger partial charge in [-0.1, -0.05) is 74.5 Å². The number of aryl methyl sites for hydroxylation is 1. The lowest BCUT2D eigenvalue weighted by Gasteiger charge is -2.29. The summed E-state index contributed by atoms with van der Waals surface area (Å²) in [6.07, 6.45) is 1.88. The first-order chi connectivity index (χ1) is 14.0. The molecule has 1 aliphatic heterocycles. The van der Waals surface area contributed by atoms with Crippen molar-refractivity contribution < 1.29 is 9.59 Å². The van der Waals surface area contributed by atoms with E-state index in [1.807, 2.05) is 67.6 Å². The number of hydrogen-bond acceptors (Lipinski definition) is 2. The number of para-hydroxylation sites is 1. The summed E-state index contributed by atoms with van der Waals surface area (Å²) in [7, 11) is 0. The lowest BCUT2D eigenvalue weighted by atomic mass is 9.91. The number of anilines is 1. The number of hydrogen-bond donors (Lipinski definition) is 0. The Bertz CT molecular complexity index is 1120. The Balaban J connectivity index is 1.86. The molecule has 0 saturated heterocycles. The molecule has 3 aromatic carbocycles. The maximum absolute atomic E-state index is 13.5. The van der Waals surface area contributed by atoms with Gasteiger partial charge in [-0.05, 0) is 53.3 Å². The second-order valence-corrected chi connectivity index (χ2v) is 7.66. The molecule has 0 fully saturated rings. The Kier molecular flexibility index (Phi) is 4.89. The van der Waals surface area contributed by atoms with Crippen LogP contribution in [0, 0.1) is 6.92 Å². The van der Waals surface area contributed by atoms with Crippen molar-refractivity contribution in [1.29, 1.82) is 0 Å². The van der Waals surface area contributed by atoms with Gasteiger partial charge in [0, 0.05) is 11.1 Å². The standard InChI is InChI=1S/C26H23NO2/c1-17(2)20-14-12-19(13-15-20)16-23-21-9-5-6-10-22(21)25(28)27(26(23)29)24-11-7-4-8-18(24)3/h4-17H,1-3H3/b23-16-. The third kappa shape index (κ3) is 3.40. The molecule has 0 bridgehead atoms. The molecule has 0 radical (unpaired) electrons. The van der Waals surface area contributed by atoms with Crippen LogP contribution in [0.2, 0.25) is 0 Å². The third-order valence-electron chi connectivity index (χ3n) is 5.35. The normalized spacial score (nSPS) is 15.2. The molecule has 1 heterocycles. The van der Waals surface area contributed by atoms with Gasteiger partial charge in [-0.3, -0.25) is 9.59 Å². The zero-order chi connectivity index (χ0) is 20.5. The van der Waals surface area contributed by atoms with Gasteiger partial charge in [-0.25, -0.2) is 4.90 Å². The molecule has 144 valence electrons. The molecule has 0 N–H and O–H groups in total.